The Morgan fingerprint density at radius 3 is 2.86 bits per heavy atom. The van der Waals surface area contributed by atoms with Gasteiger partial charge in [-0.15, -0.1) is 0 Å². The number of nitrogens with one attached hydrogen (secondary N) is 1. The molecule has 0 spiro atoms. The summed E-state index contributed by atoms with van der Waals surface area (Å²) < 4.78 is 45.4. The van der Waals surface area contributed by atoms with Gasteiger partial charge in [-0.3, -0.25) is 4.79 Å². The van der Waals surface area contributed by atoms with E-state index in [1.54, 1.807) is 10.7 Å². The molecule has 2 heterocycles. The van der Waals surface area contributed by atoms with Crippen molar-refractivity contribution in [1.82, 2.24) is 15.1 Å². The van der Waals surface area contributed by atoms with E-state index in [0.29, 0.717) is 18.2 Å². The van der Waals surface area contributed by atoms with Crippen LogP contribution in [0.2, 0.25) is 0 Å². The maximum atomic E-state index is 12.8. The Hall–Kier alpha value is -1.73. The first kappa shape index (κ1) is 14.2. The predicted molar refractivity (Wildman–Crippen MR) is 66.5 cm³/mol. The lowest BCUT2D eigenvalue weighted by Gasteiger charge is -2.18. The number of ether oxygens (including phenoxy) is 1. The van der Waals surface area contributed by atoms with E-state index in [4.69, 9.17) is 4.74 Å². The number of nitrogens with zero attached hydrogens (tertiary/aromatic N) is 2. The van der Waals surface area contributed by atoms with Crippen molar-refractivity contribution in [2.45, 2.75) is 44.9 Å². The number of alkyl halides is 3. The van der Waals surface area contributed by atoms with Crippen LogP contribution in [-0.4, -0.2) is 28.5 Å². The molecular formula is C13H16F3N3O2. The predicted octanol–water partition coefficient (Wildman–Crippen LogP) is 2.01. The van der Waals surface area contributed by atoms with Gasteiger partial charge >= 0.3 is 6.18 Å². The maximum absolute atomic E-state index is 12.8. The first-order valence-electron chi connectivity index (χ1n) is 6.93. The zero-order valence-electron chi connectivity index (χ0n) is 11.4. The molecule has 1 aromatic heterocycles. The molecule has 8 heteroatoms. The molecule has 0 unspecified atom stereocenters. The SMILES string of the molecule is O=C(CC1(C(F)(F)F)CC1)NCc1cc2n(n1)CCCO2. The molecular weight excluding hydrogens is 287 g/mol. The summed E-state index contributed by atoms with van der Waals surface area (Å²) in [7, 11) is 0. The van der Waals surface area contributed by atoms with Crippen molar-refractivity contribution in [2.75, 3.05) is 6.61 Å². The number of hydrogen-bond donors (Lipinski definition) is 1. The van der Waals surface area contributed by atoms with Crippen LogP contribution in [0.3, 0.4) is 0 Å². The third-order valence-corrected chi connectivity index (χ3v) is 3.98. The average molecular weight is 303 g/mol. The van der Waals surface area contributed by atoms with Gasteiger partial charge in [-0.25, -0.2) is 4.68 Å². The molecule has 2 aliphatic rings. The van der Waals surface area contributed by atoms with Gasteiger partial charge in [-0.1, -0.05) is 0 Å². The molecule has 1 fully saturated rings. The minimum absolute atomic E-state index is 0.0382. The van der Waals surface area contributed by atoms with Crippen LogP contribution >= 0.6 is 0 Å². The molecule has 1 N–H and O–H groups in total. The van der Waals surface area contributed by atoms with Crippen molar-refractivity contribution in [3.8, 4) is 5.88 Å². The van der Waals surface area contributed by atoms with Crippen molar-refractivity contribution < 1.29 is 22.7 Å². The van der Waals surface area contributed by atoms with Gasteiger partial charge in [0.2, 0.25) is 11.8 Å². The first-order chi connectivity index (χ1) is 9.90. The molecule has 5 nitrogen and oxygen atoms in total. The number of carbonyl (C=O) groups excluding carboxylic acids is 1. The Morgan fingerprint density at radius 2 is 2.24 bits per heavy atom. The smallest absolute Gasteiger partial charge is 0.395 e. The van der Waals surface area contributed by atoms with Gasteiger partial charge in [0, 0.05) is 25.5 Å². The molecule has 1 amide bonds. The fraction of sp³-hybridized carbons (Fsp3) is 0.692. The number of amides is 1. The topological polar surface area (TPSA) is 56.2 Å². The van der Waals surface area contributed by atoms with E-state index in [1.807, 2.05) is 0 Å². The van der Waals surface area contributed by atoms with Crippen LogP contribution in [0.25, 0.3) is 0 Å². The second kappa shape index (κ2) is 4.92. The number of rotatable bonds is 4. The number of fused-ring (bicyclic) bond motifs is 1. The summed E-state index contributed by atoms with van der Waals surface area (Å²) in [6.45, 7) is 1.50. The molecule has 3 rings (SSSR count). The quantitative estimate of drug-likeness (QED) is 0.926. The van der Waals surface area contributed by atoms with Crippen LogP contribution in [0, 0.1) is 5.41 Å². The maximum Gasteiger partial charge on any atom is 0.395 e. The van der Waals surface area contributed by atoms with Crippen LogP contribution in [0.5, 0.6) is 5.88 Å². The number of halogens is 3. The molecule has 1 saturated carbocycles. The second-order valence-corrected chi connectivity index (χ2v) is 5.63. The Labute approximate surface area is 119 Å². The van der Waals surface area contributed by atoms with Gasteiger partial charge in [0.25, 0.3) is 0 Å². The molecule has 1 aliphatic carbocycles. The highest BCUT2D eigenvalue weighted by molar-refractivity contribution is 5.77. The van der Waals surface area contributed by atoms with Gasteiger partial charge in [0.15, 0.2) is 0 Å². The second-order valence-electron chi connectivity index (χ2n) is 5.63. The zero-order chi connectivity index (χ0) is 15.1. The Balaban J connectivity index is 1.53. The van der Waals surface area contributed by atoms with E-state index >= 15 is 0 Å². The van der Waals surface area contributed by atoms with Crippen LogP contribution in [0.15, 0.2) is 6.07 Å². The summed E-state index contributed by atoms with van der Waals surface area (Å²) in [4.78, 5) is 11.7. The van der Waals surface area contributed by atoms with Gasteiger partial charge in [0.05, 0.1) is 24.3 Å². The van der Waals surface area contributed by atoms with Crippen molar-refractivity contribution in [2.24, 2.45) is 5.41 Å². The number of aryl methyl sites for hydroxylation is 1. The fourth-order valence-electron chi connectivity index (χ4n) is 2.47. The van der Waals surface area contributed by atoms with Gasteiger partial charge in [0.1, 0.15) is 0 Å². The third kappa shape index (κ3) is 2.84. The Morgan fingerprint density at radius 1 is 1.48 bits per heavy atom. The van der Waals surface area contributed by atoms with E-state index in [-0.39, 0.29) is 19.4 Å². The largest absolute Gasteiger partial charge is 0.478 e. The van der Waals surface area contributed by atoms with Crippen LogP contribution in [-0.2, 0) is 17.9 Å². The van der Waals surface area contributed by atoms with Gasteiger partial charge < -0.3 is 10.1 Å². The van der Waals surface area contributed by atoms with Gasteiger partial charge in [-0.05, 0) is 12.8 Å². The molecule has 1 aromatic rings. The van der Waals surface area contributed by atoms with E-state index in [1.165, 1.54) is 0 Å². The molecule has 0 aromatic carbocycles. The molecule has 21 heavy (non-hydrogen) atoms. The minimum Gasteiger partial charge on any atom is -0.478 e. The molecule has 0 atom stereocenters. The van der Waals surface area contributed by atoms with Crippen molar-refractivity contribution in [1.29, 1.82) is 0 Å². The van der Waals surface area contributed by atoms with Crippen molar-refractivity contribution >= 4 is 5.91 Å². The van der Waals surface area contributed by atoms with E-state index in [2.05, 4.69) is 10.4 Å². The Bertz CT molecular complexity index is 526. The summed E-state index contributed by atoms with van der Waals surface area (Å²) in [6.07, 6.45) is -3.85. The highest BCUT2D eigenvalue weighted by atomic mass is 19.4. The minimum atomic E-state index is -4.30. The van der Waals surface area contributed by atoms with Gasteiger partial charge in [-0.2, -0.15) is 18.3 Å². The van der Waals surface area contributed by atoms with Crippen LogP contribution < -0.4 is 10.1 Å². The number of hydrogen-bond acceptors (Lipinski definition) is 3. The molecule has 1 aliphatic heterocycles. The molecule has 0 bridgehead atoms. The summed E-state index contributed by atoms with van der Waals surface area (Å²) in [5, 5.41) is 6.74. The molecule has 0 saturated heterocycles. The highest BCUT2D eigenvalue weighted by Gasteiger charge is 2.63. The lowest BCUT2D eigenvalue weighted by molar-refractivity contribution is -0.190. The fourth-order valence-corrected chi connectivity index (χ4v) is 2.47. The van der Waals surface area contributed by atoms with Crippen molar-refractivity contribution in [3.05, 3.63) is 11.8 Å². The number of aromatic nitrogens is 2. The van der Waals surface area contributed by atoms with E-state index in [0.717, 1.165) is 13.0 Å². The third-order valence-electron chi connectivity index (χ3n) is 3.98. The normalized spacial score (nSPS) is 19.6. The lowest BCUT2D eigenvalue weighted by Crippen LogP contribution is -2.32. The van der Waals surface area contributed by atoms with Crippen LogP contribution in [0.1, 0.15) is 31.4 Å². The highest BCUT2D eigenvalue weighted by Crippen LogP contribution is 2.59. The summed E-state index contributed by atoms with van der Waals surface area (Å²) in [6, 6.07) is 1.70. The summed E-state index contributed by atoms with van der Waals surface area (Å²) in [5.74, 6) is 0.0520. The lowest BCUT2D eigenvalue weighted by atomic mass is 10.0. The summed E-state index contributed by atoms with van der Waals surface area (Å²) >= 11 is 0. The summed E-state index contributed by atoms with van der Waals surface area (Å²) in [5.41, 5.74) is -1.20. The molecule has 116 valence electrons. The van der Waals surface area contributed by atoms with E-state index in [9.17, 15) is 18.0 Å². The standard InChI is InChI=1S/C13H16F3N3O2/c14-13(15,16)12(2-3-12)7-10(20)17-8-9-6-11-19(18-9)4-1-5-21-11/h6H,1-5,7-8H2,(H,17,20). The molecule has 0 radical (unpaired) electrons. The average Bonchev–Trinajstić information content (AvgIpc) is 3.08. The first-order valence-corrected chi connectivity index (χ1v) is 6.93. The van der Waals surface area contributed by atoms with Crippen molar-refractivity contribution in [3.63, 3.8) is 0 Å². The monoisotopic (exact) mass is 303 g/mol. The van der Waals surface area contributed by atoms with Crippen LogP contribution in [0.4, 0.5) is 13.2 Å². The Kier molecular flexibility index (Phi) is 3.33. The number of carbonyl (C=O) groups is 1. The zero-order valence-corrected chi connectivity index (χ0v) is 11.4. The van der Waals surface area contributed by atoms with E-state index < -0.39 is 23.9 Å².